The lowest BCUT2D eigenvalue weighted by Crippen LogP contribution is -2.33. The number of rotatable bonds is 6. The van der Waals surface area contributed by atoms with Crippen LogP contribution >= 0.6 is 12.2 Å². The number of ether oxygens (including phenoxy) is 2. The molecular weight excluding hydrogens is 380 g/mol. The van der Waals surface area contributed by atoms with Crippen LogP contribution in [0.5, 0.6) is 11.5 Å². The summed E-state index contributed by atoms with van der Waals surface area (Å²) in [6.45, 7) is 4.23. The molecule has 1 unspecified atom stereocenters. The van der Waals surface area contributed by atoms with Crippen molar-refractivity contribution >= 4 is 23.0 Å². The van der Waals surface area contributed by atoms with Gasteiger partial charge in [-0.2, -0.15) is 0 Å². The smallest absolute Gasteiger partial charge is 0.171 e. The highest BCUT2D eigenvalue weighted by atomic mass is 32.1. The molecule has 5 heteroatoms. The Balaban J connectivity index is 1.87. The third kappa shape index (κ3) is 5.06. The van der Waals surface area contributed by atoms with Gasteiger partial charge in [0.05, 0.1) is 25.9 Å². The first-order chi connectivity index (χ1) is 14.0. The Hall–Kier alpha value is -3.05. The second kappa shape index (κ2) is 9.43. The second-order valence-electron chi connectivity index (χ2n) is 6.87. The molecule has 29 heavy (non-hydrogen) atoms. The summed E-state index contributed by atoms with van der Waals surface area (Å²) in [6, 6.07) is 22.3. The number of thiocarbonyl (C=S) groups is 1. The maximum absolute atomic E-state index is 5.64. The molecule has 4 nitrogen and oxygen atoms in total. The highest BCUT2D eigenvalue weighted by molar-refractivity contribution is 7.80. The van der Waals surface area contributed by atoms with E-state index in [1.165, 1.54) is 16.7 Å². The maximum atomic E-state index is 5.64. The molecule has 3 aromatic carbocycles. The van der Waals surface area contributed by atoms with Gasteiger partial charge in [0, 0.05) is 6.07 Å². The summed E-state index contributed by atoms with van der Waals surface area (Å²) in [5, 5.41) is 7.24. The van der Waals surface area contributed by atoms with Crippen molar-refractivity contribution in [3.63, 3.8) is 0 Å². The molecule has 0 bridgehead atoms. The lowest BCUT2D eigenvalue weighted by molar-refractivity contribution is 0.395. The molecule has 0 radical (unpaired) electrons. The summed E-state index contributed by atoms with van der Waals surface area (Å²) in [4.78, 5) is 0. The molecule has 3 rings (SSSR count). The van der Waals surface area contributed by atoms with Gasteiger partial charge < -0.3 is 20.1 Å². The molecule has 2 N–H and O–H groups in total. The van der Waals surface area contributed by atoms with Crippen LogP contribution in [-0.2, 0) is 0 Å². The second-order valence-corrected chi connectivity index (χ2v) is 7.28. The SMILES string of the molecule is COc1ccc(NC(=S)NC(c2ccccc2)c2ccc(C)cc2C)c(OC)c1. The third-order valence-electron chi connectivity index (χ3n) is 4.80. The van der Waals surface area contributed by atoms with Crippen molar-refractivity contribution in [3.8, 4) is 11.5 Å². The molecule has 0 aliphatic carbocycles. The molecule has 0 saturated carbocycles. The van der Waals surface area contributed by atoms with Crippen LogP contribution in [0.4, 0.5) is 5.69 Å². The van der Waals surface area contributed by atoms with Gasteiger partial charge in [-0.25, -0.2) is 0 Å². The van der Waals surface area contributed by atoms with Crippen LogP contribution in [0.15, 0.2) is 66.7 Å². The number of anilines is 1. The fraction of sp³-hybridized carbons (Fsp3) is 0.208. The fourth-order valence-corrected chi connectivity index (χ4v) is 3.55. The monoisotopic (exact) mass is 406 g/mol. The maximum Gasteiger partial charge on any atom is 0.171 e. The van der Waals surface area contributed by atoms with E-state index in [-0.39, 0.29) is 6.04 Å². The lowest BCUT2D eigenvalue weighted by Gasteiger charge is -2.24. The summed E-state index contributed by atoms with van der Waals surface area (Å²) in [6.07, 6.45) is 0. The Morgan fingerprint density at radius 3 is 2.31 bits per heavy atom. The van der Waals surface area contributed by atoms with Crippen LogP contribution < -0.4 is 20.1 Å². The molecule has 1 atom stereocenters. The van der Waals surface area contributed by atoms with Crippen LogP contribution in [0, 0.1) is 13.8 Å². The minimum absolute atomic E-state index is 0.0685. The number of methoxy groups -OCH3 is 2. The quantitative estimate of drug-likeness (QED) is 0.537. The molecule has 0 aliphatic heterocycles. The normalized spacial score (nSPS) is 11.4. The largest absolute Gasteiger partial charge is 0.497 e. The van der Waals surface area contributed by atoms with E-state index in [9.17, 15) is 0 Å². The first kappa shape index (κ1) is 20.7. The number of nitrogens with one attached hydrogen (secondary N) is 2. The minimum Gasteiger partial charge on any atom is -0.497 e. The van der Waals surface area contributed by atoms with E-state index in [4.69, 9.17) is 21.7 Å². The van der Waals surface area contributed by atoms with Crippen molar-refractivity contribution in [2.24, 2.45) is 0 Å². The van der Waals surface area contributed by atoms with Gasteiger partial charge in [-0.15, -0.1) is 0 Å². The average Bonchev–Trinajstić information content (AvgIpc) is 2.73. The Morgan fingerprint density at radius 2 is 1.66 bits per heavy atom. The molecule has 0 saturated heterocycles. The summed E-state index contributed by atoms with van der Waals surface area (Å²) >= 11 is 5.64. The molecule has 0 fully saturated rings. The van der Waals surface area contributed by atoms with Gasteiger partial charge >= 0.3 is 0 Å². The number of hydrogen-bond acceptors (Lipinski definition) is 3. The molecule has 0 amide bonds. The van der Waals surface area contributed by atoms with Crippen molar-refractivity contribution in [2.45, 2.75) is 19.9 Å². The van der Waals surface area contributed by atoms with E-state index in [2.05, 4.69) is 54.8 Å². The van der Waals surface area contributed by atoms with Crippen molar-refractivity contribution < 1.29 is 9.47 Å². The van der Waals surface area contributed by atoms with E-state index in [1.54, 1.807) is 14.2 Å². The molecule has 150 valence electrons. The summed E-state index contributed by atoms with van der Waals surface area (Å²) < 4.78 is 10.7. The van der Waals surface area contributed by atoms with Crippen molar-refractivity contribution in [2.75, 3.05) is 19.5 Å². The standard InChI is InChI=1S/C24H26N2O2S/c1-16-10-12-20(17(2)14-16)23(18-8-6-5-7-9-18)26-24(29)25-21-13-11-19(27-3)15-22(21)28-4/h5-15,23H,1-4H3,(H2,25,26,29). The van der Waals surface area contributed by atoms with E-state index < -0.39 is 0 Å². The number of aryl methyl sites for hydroxylation is 2. The van der Waals surface area contributed by atoms with E-state index in [0.29, 0.717) is 10.9 Å². The van der Waals surface area contributed by atoms with Crippen LogP contribution in [0.3, 0.4) is 0 Å². The fourth-order valence-electron chi connectivity index (χ4n) is 3.33. The van der Waals surface area contributed by atoms with Gasteiger partial charge in [0.2, 0.25) is 0 Å². The van der Waals surface area contributed by atoms with Crippen LogP contribution in [0.25, 0.3) is 0 Å². The predicted molar refractivity (Wildman–Crippen MR) is 123 cm³/mol. The summed E-state index contributed by atoms with van der Waals surface area (Å²) in [5.74, 6) is 1.39. The number of benzene rings is 3. The zero-order valence-corrected chi connectivity index (χ0v) is 18.0. The highest BCUT2D eigenvalue weighted by Crippen LogP contribution is 2.30. The summed E-state index contributed by atoms with van der Waals surface area (Å²) in [7, 11) is 3.25. The first-order valence-corrected chi connectivity index (χ1v) is 9.84. The van der Waals surface area contributed by atoms with Crippen LogP contribution in [-0.4, -0.2) is 19.3 Å². The Labute approximate surface area is 177 Å². The van der Waals surface area contributed by atoms with Gasteiger partial charge in [0.1, 0.15) is 11.5 Å². The van der Waals surface area contributed by atoms with E-state index in [1.807, 2.05) is 36.4 Å². The van der Waals surface area contributed by atoms with Gasteiger partial charge in [0.15, 0.2) is 5.11 Å². The van der Waals surface area contributed by atoms with Gasteiger partial charge in [-0.05, 0) is 54.9 Å². The van der Waals surface area contributed by atoms with Crippen LogP contribution in [0.2, 0.25) is 0 Å². The van der Waals surface area contributed by atoms with E-state index in [0.717, 1.165) is 17.0 Å². The predicted octanol–water partition coefficient (Wildman–Crippen LogP) is 5.40. The Kier molecular flexibility index (Phi) is 6.73. The summed E-state index contributed by atoms with van der Waals surface area (Å²) in [5.41, 5.74) is 5.56. The van der Waals surface area contributed by atoms with Crippen molar-refractivity contribution in [3.05, 3.63) is 89.0 Å². The lowest BCUT2D eigenvalue weighted by atomic mass is 9.94. The van der Waals surface area contributed by atoms with Crippen molar-refractivity contribution in [1.82, 2.24) is 5.32 Å². The zero-order chi connectivity index (χ0) is 20.8. The van der Waals surface area contributed by atoms with E-state index >= 15 is 0 Å². The molecular formula is C24H26N2O2S. The topological polar surface area (TPSA) is 42.5 Å². The minimum atomic E-state index is -0.0685. The van der Waals surface area contributed by atoms with Gasteiger partial charge in [0.25, 0.3) is 0 Å². The highest BCUT2D eigenvalue weighted by Gasteiger charge is 2.18. The zero-order valence-electron chi connectivity index (χ0n) is 17.2. The molecule has 3 aromatic rings. The molecule has 0 aromatic heterocycles. The Morgan fingerprint density at radius 1 is 0.897 bits per heavy atom. The molecule has 0 aliphatic rings. The average molecular weight is 407 g/mol. The van der Waals surface area contributed by atoms with Crippen LogP contribution in [0.1, 0.15) is 28.3 Å². The van der Waals surface area contributed by atoms with Gasteiger partial charge in [-0.3, -0.25) is 0 Å². The molecule has 0 heterocycles. The Bertz CT molecular complexity index is 989. The molecule has 0 spiro atoms. The van der Waals surface area contributed by atoms with Gasteiger partial charge in [-0.1, -0.05) is 54.1 Å². The first-order valence-electron chi connectivity index (χ1n) is 9.43. The number of hydrogen-bond donors (Lipinski definition) is 2. The third-order valence-corrected chi connectivity index (χ3v) is 5.02. The van der Waals surface area contributed by atoms with Crippen molar-refractivity contribution in [1.29, 1.82) is 0 Å².